The van der Waals surface area contributed by atoms with Gasteiger partial charge in [0.15, 0.2) is 0 Å². The van der Waals surface area contributed by atoms with Crippen LogP contribution >= 0.6 is 0 Å². The van der Waals surface area contributed by atoms with E-state index >= 15 is 0 Å². The summed E-state index contributed by atoms with van der Waals surface area (Å²) >= 11 is 0. The van der Waals surface area contributed by atoms with Crippen LogP contribution in [0.25, 0.3) is 0 Å². The second kappa shape index (κ2) is 5.82. The van der Waals surface area contributed by atoms with Crippen LogP contribution in [0.3, 0.4) is 0 Å². The molecule has 0 spiro atoms. The summed E-state index contributed by atoms with van der Waals surface area (Å²) in [6.45, 7) is 3.54. The minimum atomic E-state index is -3.67. The fourth-order valence-electron chi connectivity index (χ4n) is 2.57. The van der Waals surface area contributed by atoms with Crippen LogP contribution in [-0.2, 0) is 21.2 Å². The van der Waals surface area contributed by atoms with Gasteiger partial charge in [-0.25, -0.2) is 13.1 Å². The van der Waals surface area contributed by atoms with E-state index in [-0.39, 0.29) is 10.8 Å². The van der Waals surface area contributed by atoms with E-state index in [1.54, 1.807) is 31.2 Å². The predicted molar refractivity (Wildman–Crippen MR) is 85.6 cm³/mol. The molecule has 122 valence electrons. The number of rotatable bonds is 4. The van der Waals surface area contributed by atoms with Crippen LogP contribution in [0.5, 0.6) is 0 Å². The quantitative estimate of drug-likeness (QED) is 0.899. The monoisotopic (exact) mass is 334 g/mol. The number of fused-ring (bicyclic) bond motifs is 1. The molecule has 0 fully saturated rings. The Balaban J connectivity index is 1.84. The van der Waals surface area contributed by atoms with Gasteiger partial charge in [-0.2, -0.15) is 0 Å². The van der Waals surface area contributed by atoms with Gasteiger partial charge in [0.1, 0.15) is 11.5 Å². The smallest absolute Gasteiger partial charge is 0.241 e. The molecule has 1 aromatic carbocycles. The molecule has 0 radical (unpaired) electrons. The lowest BCUT2D eigenvalue weighted by atomic mass is 10.0. The number of furan rings is 1. The Morgan fingerprint density at radius 2 is 2.00 bits per heavy atom. The summed E-state index contributed by atoms with van der Waals surface area (Å²) in [6.07, 6.45) is 0.906. The van der Waals surface area contributed by atoms with Crippen LogP contribution in [0.2, 0.25) is 0 Å². The van der Waals surface area contributed by atoms with Gasteiger partial charge in [-0.1, -0.05) is 0 Å². The number of benzene rings is 1. The summed E-state index contributed by atoms with van der Waals surface area (Å²) < 4.78 is 33.1. The molecule has 6 nitrogen and oxygen atoms in total. The van der Waals surface area contributed by atoms with Crippen molar-refractivity contribution < 1.29 is 17.6 Å². The first-order chi connectivity index (χ1) is 10.8. The van der Waals surface area contributed by atoms with Crippen LogP contribution in [0.15, 0.2) is 39.6 Å². The van der Waals surface area contributed by atoms with E-state index < -0.39 is 16.1 Å². The van der Waals surface area contributed by atoms with Gasteiger partial charge >= 0.3 is 0 Å². The average molecular weight is 334 g/mol. The Kier molecular flexibility index (Phi) is 3.99. The first kappa shape index (κ1) is 15.8. The first-order valence-corrected chi connectivity index (χ1v) is 8.85. The Hall–Kier alpha value is -2.12. The summed E-state index contributed by atoms with van der Waals surface area (Å²) in [7, 11) is -3.67. The molecule has 1 aromatic heterocycles. The van der Waals surface area contributed by atoms with E-state index in [9.17, 15) is 13.2 Å². The van der Waals surface area contributed by atoms with Crippen molar-refractivity contribution in [2.75, 3.05) is 5.32 Å². The predicted octanol–water partition coefficient (Wildman–Crippen LogP) is 2.51. The van der Waals surface area contributed by atoms with Crippen molar-refractivity contribution in [1.29, 1.82) is 0 Å². The molecule has 0 saturated carbocycles. The van der Waals surface area contributed by atoms with E-state index in [4.69, 9.17) is 4.42 Å². The van der Waals surface area contributed by atoms with Gasteiger partial charge in [0.05, 0.1) is 10.9 Å². The molecule has 0 saturated heterocycles. The molecule has 1 aliphatic rings. The number of carbonyl (C=O) groups is 1. The molecular weight excluding hydrogens is 316 g/mol. The third kappa shape index (κ3) is 3.30. The molecule has 7 heteroatoms. The van der Waals surface area contributed by atoms with Crippen LogP contribution in [0.4, 0.5) is 5.69 Å². The highest BCUT2D eigenvalue weighted by Gasteiger charge is 2.23. The van der Waals surface area contributed by atoms with Gasteiger partial charge in [0.25, 0.3) is 0 Å². The van der Waals surface area contributed by atoms with Crippen LogP contribution in [-0.4, -0.2) is 14.3 Å². The van der Waals surface area contributed by atoms with Gasteiger partial charge in [0.2, 0.25) is 15.9 Å². The normalized spacial score (nSPS) is 15.8. The van der Waals surface area contributed by atoms with Crippen LogP contribution in [0.1, 0.15) is 36.5 Å². The van der Waals surface area contributed by atoms with Gasteiger partial charge in [-0.3, -0.25) is 4.79 Å². The Bertz CT molecular complexity index is 855. The highest BCUT2D eigenvalue weighted by Crippen LogP contribution is 2.26. The largest absolute Gasteiger partial charge is 0.465 e. The number of nitrogens with one attached hydrogen (secondary N) is 2. The van der Waals surface area contributed by atoms with E-state index in [1.807, 2.05) is 6.92 Å². The number of carbonyl (C=O) groups excluding carboxylic acids is 1. The van der Waals surface area contributed by atoms with Crippen molar-refractivity contribution in [3.05, 3.63) is 47.4 Å². The highest BCUT2D eigenvalue weighted by molar-refractivity contribution is 7.89. The van der Waals surface area contributed by atoms with E-state index in [0.717, 1.165) is 11.3 Å². The number of sulfonamides is 1. The van der Waals surface area contributed by atoms with Crippen molar-refractivity contribution in [3.8, 4) is 0 Å². The third-order valence-corrected chi connectivity index (χ3v) is 5.34. The average Bonchev–Trinajstić information content (AvgIpc) is 2.93. The third-order valence-electron chi connectivity index (χ3n) is 3.80. The van der Waals surface area contributed by atoms with E-state index in [1.165, 1.54) is 6.07 Å². The molecule has 1 amide bonds. The maximum Gasteiger partial charge on any atom is 0.241 e. The minimum Gasteiger partial charge on any atom is -0.465 e. The summed E-state index contributed by atoms with van der Waals surface area (Å²) in [5, 5.41) is 2.74. The molecule has 3 rings (SSSR count). The standard InChI is InChI=1S/C16H18N2O4S/c1-10-3-7-15(22-10)11(2)18-23(20,21)13-5-6-14-12(9-13)4-8-16(19)17-14/h3,5-7,9,11,18H,4,8H2,1-2H3,(H,17,19). The van der Waals surface area contributed by atoms with E-state index in [2.05, 4.69) is 10.0 Å². The van der Waals surface area contributed by atoms with Crippen molar-refractivity contribution in [1.82, 2.24) is 4.72 Å². The van der Waals surface area contributed by atoms with Crippen molar-refractivity contribution in [3.63, 3.8) is 0 Å². The lowest BCUT2D eigenvalue weighted by Crippen LogP contribution is -2.27. The maximum atomic E-state index is 12.5. The number of aryl methyl sites for hydroxylation is 2. The minimum absolute atomic E-state index is 0.0481. The molecule has 2 aromatic rings. The lowest BCUT2D eigenvalue weighted by Gasteiger charge is -2.18. The van der Waals surface area contributed by atoms with E-state index in [0.29, 0.717) is 24.3 Å². The second-order valence-corrected chi connectivity index (χ2v) is 7.37. The fourth-order valence-corrected chi connectivity index (χ4v) is 3.83. The zero-order chi connectivity index (χ0) is 16.6. The molecular formula is C16H18N2O4S. The SMILES string of the molecule is Cc1ccc(C(C)NS(=O)(=O)c2ccc3c(c2)CCC(=O)N3)o1. The lowest BCUT2D eigenvalue weighted by molar-refractivity contribution is -0.116. The molecule has 2 heterocycles. The zero-order valence-electron chi connectivity index (χ0n) is 12.9. The van der Waals surface area contributed by atoms with Crippen LogP contribution < -0.4 is 10.0 Å². The van der Waals surface area contributed by atoms with Crippen molar-refractivity contribution in [2.24, 2.45) is 0 Å². The van der Waals surface area contributed by atoms with Gasteiger partial charge in [-0.05, 0) is 56.2 Å². The number of hydrogen-bond acceptors (Lipinski definition) is 4. The summed E-state index contributed by atoms with van der Waals surface area (Å²) in [4.78, 5) is 11.5. The topological polar surface area (TPSA) is 88.4 Å². The number of amides is 1. The molecule has 2 N–H and O–H groups in total. The highest BCUT2D eigenvalue weighted by atomic mass is 32.2. The zero-order valence-corrected chi connectivity index (χ0v) is 13.7. The molecule has 0 bridgehead atoms. The fraction of sp³-hybridized carbons (Fsp3) is 0.312. The van der Waals surface area contributed by atoms with Crippen molar-refractivity contribution in [2.45, 2.75) is 37.6 Å². The van der Waals surface area contributed by atoms with Gasteiger partial charge in [-0.15, -0.1) is 0 Å². The molecule has 1 unspecified atom stereocenters. The summed E-state index contributed by atoms with van der Waals surface area (Å²) in [6, 6.07) is 7.81. The first-order valence-electron chi connectivity index (χ1n) is 7.36. The Labute approximate surface area is 134 Å². The van der Waals surface area contributed by atoms with Crippen LogP contribution in [0, 0.1) is 6.92 Å². The summed E-state index contributed by atoms with van der Waals surface area (Å²) in [5.41, 5.74) is 1.50. The van der Waals surface area contributed by atoms with Gasteiger partial charge in [0, 0.05) is 12.1 Å². The molecule has 1 atom stereocenters. The number of anilines is 1. The van der Waals surface area contributed by atoms with Gasteiger partial charge < -0.3 is 9.73 Å². The second-order valence-electron chi connectivity index (χ2n) is 5.66. The Morgan fingerprint density at radius 3 is 2.70 bits per heavy atom. The van der Waals surface area contributed by atoms with Crippen molar-refractivity contribution >= 4 is 21.6 Å². The molecule has 1 aliphatic heterocycles. The summed E-state index contributed by atoms with van der Waals surface area (Å²) in [5.74, 6) is 1.25. The Morgan fingerprint density at radius 1 is 1.22 bits per heavy atom. The maximum absolute atomic E-state index is 12.5. The molecule has 23 heavy (non-hydrogen) atoms. The number of hydrogen-bond donors (Lipinski definition) is 2. The molecule has 0 aliphatic carbocycles.